The zero-order chi connectivity index (χ0) is 14.1. The minimum absolute atomic E-state index is 0.0923. The van der Waals surface area contributed by atoms with Crippen molar-refractivity contribution in [2.45, 2.75) is 6.92 Å². The van der Waals surface area contributed by atoms with Crippen LogP contribution in [0.5, 0.6) is 5.95 Å². The van der Waals surface area contributed by atoms with Crippen molar-refractivity contribution in [2.75, 3.05) is 6.61 Å². The van der Waals surface area contributed by atoms with Gasteiger partial charge in [0, 0.05) is 6.20 Å². The molecule has 0 fully saturated rings. The van der Waals surface area contributed by atoms with Crippen LogP contribution in [0.4, 0.5) is 0 Å². The number of carboxylic acid groups (broad SMARTS) is 1. The zero-order valence-electron chi connectivity index (χ0n) is 10.6. The van der Waals surface area contributed by atoms with Gasteiger partial charge in [0.25, 0.3) is 0 Å². The Hall–Kier alpha value is -2.83. The summed E-state index contributed by atoms with van der Waals surface area (Å²) >= 11 is 0. The van der Waals surface area contributed by atoms with Crippen molar-refractivity contribution in [3.8, 4) is 17.4 Å². The first kappa shape index (κ1) is 12.2. The molecule has 0 aliphatic rings. The lowest BCUT2D eigenvalue weighted by molar-refractivity contribution is 0.0683. The van der Waals surface area contributed by atoms with Gasteiger partial charge in [-0.25, -0.2) is 9.31 Å². The molecular weight excluding hydrogens is 262 g/mol. The van der Waals surface area contributed by atoms with E-state index in [1.807, 2.05) is 18.2 Å². The van der Waals surface area contributed by atoms with Crippen molar-refractivity contribution >= 4 is 11.5 Å². The van der Waals surface area contributed by atoms with Crippen LogP contribution in [0.3, 0.4) is 0 Å². The summed E-state index contributed by atoms with van der Waals surface area (Å²) in [6.07, 6.45) is 3.35. The number of pyridine rings is 1. The van der Waals surface area contributed by atoms with E-state index in [-0.39, 0.29) is 17.5 Å². The maximum absolute atomic E-state index is 11.1. The molecule has 0 aromatic carbocycles. The van der Waals surface area contributed by atoms with Gasteiger partial charge in [-0.3, -0.25) is 0 Å². The lowest BCUT2D eigenvalue weighted by atomic mass is 10.2. The average molecular weight is 273 g/mol. The van der Waals surface area contributed by atoms with E-state index in [9.17, 15) is 4.79 Å². The highest BCUT2D eigenvalue weighted by molar-refractivity contribution is 5.89. The lowest BCUT2D eigenvalue weighted by Gasteiger charge is -1.96. The van der Waals surface area contributed by atoms with Crippen molar-refractivity contribution < 1.29 is 19.1 Å². The number of aromatic carboxylic acids is 1. The number of ether oxygens (including phenoxy) is 1. The molecule has 7 nitrogen and oxygen atoms in total. The average Bonchev–Trinajstić information content (AvgIpc) is 3.02. The van der Waals surface area contributed by atoms with Gasteiger partial charge >= 0.3 is 11.9 Å². The number of hydrogen-bond donors (Lipinski definition) is 1. The van der Waals surface area contributed by atoms with Crippen LogP contribution in [0.15, 0.2) is 35.0 Å². The van der Waals surface area contributed by atoms with Crippen molar-refractivity contribution in [2.24, 2.45) is 0 Å². The Balaban J connectivity index is 2.14. The summed E-state index contributed by atoms with van der Waals surface area (Å²) in [4.78, 5) is 15.1. The topological polar surface area (TPSA) is 89.9 Å². The molecule has 0 bridgehead atoms. The number of hydrogen-bond acceptors (Lipinski definition) is 5. The van der Waals surface area contributed by atoms with E-state index in [1.54, 1.807) is 23.8 Å². The number of nitrogens with zero attached hydrogens (tertiary/aromatic N) is 3. The Bertz CT molecular complexity index is 775. The summed E-state index contributed by atoms with van der Waals surface area (Å²) < 4.78 is 12.2. The standard InChI is InChI=1S/C13H11N3O4/c1-2-19-13-10(12(17)18)15-11(20-13)8-7-14-16-6-4-3-5-9(8)16/h3-7H,2H2,1H3,(H,17,18). The maximum Gasteiger partial charge on any atom is 0.362 e. The summed E-state index contributed by atoms with van der Waals surface area (Å²) in [7, 11) is 0. The third kappa shape index (κ3) is 1.89. The third-order valence-corrected chi connectivity index (χ3v) is 2.73. The first-order chi connectivity index (χ1) is 9.70. The normalized spacial score (nSPS) is 10.8. The van der Waals surface area contributed by atoms with Gasteiger partial charge in [-0.05, 0) is 19.1 Å². The zero-order valence-corrected chi connectivity index (χ0v) is 10.6. The summed E-state index contributed by atoms with van der Waals surface area (Å²) in [5, 5.41) is 13.2. The molecule has 0 radical (unpaired) electrons. The van der Waals surface area contributed by atoms with E-state index in [2.05, 4.69) is 10.1 Å². The molecule has 0 saturated carbocycles. The third-order valence-electron chi connectivity index (χ3n) is 2.73. The summed E-state index contributed by atoms with van der Waals surface area (Å²) in [5.74, 6) is -1.11. The summed E-state index contributed by atoms with van der Waals surface area (Å²) in [6, 6.07) is 5.53. The Morgan fingerprint density at radius 3 is 3.10 bits per heavy atom. The minimum atomic E-state index is -1.19. The van der Waals surface area contributed by atoms with Crippen LogP contribution < -0.4 is 4.74 Å². The fraction of sp³-hybridized carbons (Fsp3) is 0.154. The van der Waals surface area contributed by atoms with E-state index in [0.717, 1.165) is 5.52 Å². The second kappa shape index (κ2) is 4.69. The summed E-state index contributed by atoms with van der Waals surface area (Å²) in [5.41, 5.74) is 1.14. The number of rotatable bonds is 4. The quantitative estimate of drug-likeness (QED) is 0.782. The van der Waals surface area contributed by atoms with Crippen LogP contribution in [-0.2, 0) is 0 Å². The molecule has 0 atom stereocenters. The number of fused-ring (bicyclic) bond motifs is 1. The second-order valence-electron chi connectivity index (χ2n) is 3.98. The molecule has 3 aromatic rings. The second-order valence-corrected chi connectivity index (χ2v) is 3.98. The van der Waals surface area contributed by atoms with E-state index in [1.165, 1.54) is 0 Å². The van der Waals surface area contributed by atoms with E-state index >= 15 is 0 Å². The SMILES string of the molecule is CCOc1oc(-c2cnn3ccccc23)nc1C(=O)O. The monoisotopic (exact) mass is 273 g/mol. The number of aromatic nitrogens is 3. The van der Waals surface area contributed by atoms with Crippen LogP contribution in [0.2, 0.25) is 0 Å². The van der Waals surface area contributed by atoms with Crippen molar-refractivity contribution in [1.82, 2.24) is 14.6 Å². The van der Waals surface area contributed by atoms with Crippen LogP contribution in [0, 0.1) is 0 Å². The number of oxazole rings is 1. The Labute approximate surface area is 113 Å². The van der Waals surface area contributed by atoms with Gasteiger partial charge in [0.05, 0.1) is 23.9 Å². The smallest absolute Gasteiger partial charge is 0.362 e. The van der Waals surface area contributed by atoms with Crippen LogP contribution in [0.1, 0.15) is 17.4 Å². The molecule has 0 unspecified atom stereocenters. The highest BCUT2D eigenvalue weighted by atomic mass is 16.6. The van der Waals surface area contributed by atoms with Crippen molar-refractivity contribution in [3.05, 3.63) is 36.3 Å². The van der Waals surface area contributed by atoms with Gasteiger partial charge in [0.2, 0.25) is 11.6 Å². The molecule has 3 aromatic heterocycles. The first-order valence-corrected chi connectivity index (χ1v) is 6.00. The van der Waals surface area contributed by atoms with Gasteiger partial charge in [-0.1, -0.05) is 6.07 Å². The Morgan fingerprint density at radius 2 is 2.35 bits per heavy atom. The van der Waals surface area contributed by atoms with E-state index in [0.29, 0.717) is 12.2 Å². The van der Waals surface area contributed by atoms with Gasteiger partial charge in [0.15, 0.2) is 0 Å². The molecule has 3 heterocycles. The fourth-order valence-electron chi connectivity index (χ4n) is 1.88. The Morgan fingerprint density at radius 1 is 1.50 bits per heavy atom. The van der Waals surface area contributed by atoms with E-state index in [4.69, 9.17) is 14.3 Å². The molecule has 3 rings (SSSR count). The molecule has 0 amide bonds. The fourth-order valence-corrected chi connectivity index (χ4v) is 1.88. The summed E-state index contributed by atoms with van der Waals surface area (Å²) in [6.45, 7) is 2.03. The molecule has 7 heteroatoms. The highest BCUT2D eigenvalue weighted by Gasteiger charge is 2.23. The molecule has 102 valence electrons. The predicted molar refractivity (Wildman–Crippen MR) is 68.8 cm³/mol. The van der Waals surface area contributed by atoms with Crippen molar-refractivity contribution in [3.63, 3.8) is 0 Å². The minimum Gasteiger partial charge on any atom is -0.476 e. The Kier molecular flexibility index (Phi) is 2.86. The number of carboxylic acids is 1. The maximum atomic E-state index is 11.1. The molecule has 0 saturated heterocycles. The lowest BCUT2D eigenvalue weighted by Crippen LogP contribution is -2.01. The van der Waals surface area contributed by atoms with E-state index < -0.39 is 5.97 Å². The highest BCUT2D eigenvalue weighted by Crippen LogP contribution is 2.29. The largest absolute Gasteiger partial charge is 0.476 e. The van der Waals surface area contributed by atoms with Crippen molar-refractivity contribution in [1.29, 1.82) is 0 Å². The molecule has 0 spiro atoms. The predicted octanol–water partition coefficient (Wildman–Crippen LogP) is 2.09. The molecule has 1 N–H and O–H groups in total. The molecular formula is C13H11N3O4. The van der Waals surface area contributed by atoms with Gasteiger partial charge in [-0.15, -0.1) is 0 Å². The number of carbonyl (C=O) groups is 1. The van der Waals surface area contributed by atoms with Crippen LogP contribution >= 0.6 is 0 Å². The molecule has 0 aliphatic heterocycles. The van der Waals surface area contributed by atoms with Gasteiger partial charge in [-0.2, -0.15) is 10.1 Å². The molecule has 20 heavy (non-hydrogen) atoms. The molecule has 0 aliphatic carbocycles. The van der Waals surface area contributed by atoms with Gasteiger partial charge < -0.3 is 14.3 Å². The first-order valence-electron chi connectivity index (χ1n) is 6.00. The van der Waals surface area contributed by atoms with Crippen LogP contribution in [-0.4, -0.2) is 32.3 Å². The van der Waals surface area contributed by atoms with Crippen LogP contribution in [0.25, 0.3) is 17.0 Å². The van der Waals surface area contributed by atoms with Gasteiger partial charge in [0.1, 0.15) is 0 Å².